The van der Waals surface area contributed by atoms with Crippen molar-refractivity contribution in [2.75, 3.05) is 37.7 Å². The van der Waals surface area contributed by atoms with Gasteiger partial charge in [-0.25, -0.2) is 13.5 Å². The largest absolute Gasteiger partial charge is 0.480 e. The molecule has 8 N–H and O–H groups in total. The number of rotatable bonds is 18. The number of amides is 3. The highest BCUT2D eigenvalue weighted by Crippen LogP contribution is 2.40. The van der Waals surface area contributed by atoms with Crippen LogP contribution in [0.5, 0.6) is 0 Å². The highest BCUT2D eigenvalue weighted by Gasteiger charge is 2.38. The van der Waals surface area contributed by atoms with E-state index in [2.05, 4.69) is 10.6 Å². The van der Waals surface area contributed by atoms with Gasteiger partial charge in [0.05, 0.1) is 23.5 Å². The van der Waals surface area contributed by atoms with Gasteiger partial charge in [-0.3, -0.25) is 19.2 Å². The molecule has 2 aromatic carbocycles. The first kappa shape index (κ1) is 40.1. The minimum absolute atomic E-state index is 0.000579. The zero-order valence-corrected chi connectivity index (χ0v) is 29.1. The van der Waals surface area contributed by atoms with Crippen molar-refractivity contribution in [3.8, 4) is 5.69 Å². The number of aliphatic hydroxyl groups excluding tert-OH is 1. The monoisotopic (exact) mass is 717 g/mol. The van der Waals surface area contributed by atoms with E-state index in [1.165, 1.54) is 9.58 Å². The van der Waals surface area contributed by atoms with Gasteiger partial charge in [-0.1, -0.05) is 51.1 Å². The van der Waals surface area contributed by atoms with Crippen LogP contribution in [0.3, 0.4) is 0 Å². The number of aliphatic hydroxyl groups is 1. The maximum Gasteiger partial charge on any atom is 0.321 e. The minimum atomic E-state index is -1.16. The first-order valence-corrected chi connectivity index (χ1v) is 17.1. The molecule has 16 heteroatoms. The number of aromatic nitrogens is 2. The SMILES string of the molecule is CC(C)(C)[C@H](c1nn(-c2cc(F)ccc2F)cc1Cc1ccccc1)N(CC[C@H](N)C(=O)NCCNC(=O)CSC[C@H](N)C(=O)O)C(=O)CO. The average molecular weight is 718 g/mol. The maximum absolute atomic E-state index is 14.9. The number of halogens is 2. The number of hydrogen-bond donors (Lipinski definition) is 6. The molecule has 0 aliphatic heterocycles. The van der Waals surface area contributed by atoms with E-state index in [1.54, 1.807) is 6.20 Å². The molecule has 1 aromatic heterocycles. The fourth-order valence-corrected chi connectivity index (χ4v) is 6.03. The van der Waals surface area contributed by atoms with Crippen LogP contribution in [0.4, 0.5) is 8.78 Å². The van der Waals surface area contributed by atoms with Gasteiger partial charge < -0.3 is 37.2 Å². The summed E-state index contributed by atoms with van der Waals surface area (Å²) in [6.07, 6.45) is 1.96. The summed E-state index contributed by atoms with van der Waals surface area (Å²) in [5, 5.41) is 28.8. The third-order valence-corrected chi connectivity index (χ3v) is 8.73. The minimum Gasteiger partial charge on any atom is -0.480 e. The van der Waals surface area contributed by atoms with Gasteiger partial charge in [-0.2, -0.15) is 5.10 Å². The summed E-state index contributed by atoms with van der Waals surface area (Å²) >= 11 is 1.07. The number of thioether (sulfide) groups is 1. The van der Waals surface area contributed by atoms with Crippen LogP contribution >= 0.6 is 11.8 Å². The molecule has 0 bridgehead atoms. The molecule has 3 rings (SSSR count). The van der Waals surface area contributed by atoms with Gasteiger partial charge in [0.1, 0.15) is 30.0 Å². The molecule has 50 heavy (non-hydrogen) atoms. The predicted octanol–water partition coefficient (Wildman–Crippen LogP) is 1.74. The molecule has 0 fully saturated rings. The summed E-state index contributed by atoms with van der Waals surface area (Å²) in [7, 11) is 0. The summed E-state index contributed by atoms with van der Waals surface area (Å²) in [6.45, 7) is 4.92. The Labute approximate surface area is 293 Å². The van der Waals surface area contributed by atoms with E-state index in [9.17, 15) is 33.1 Å². The van der Waals surface area contributed by atoms with Crippen molar-refractivity contribution in [3.05, 3.63) is 83.2 Å². The van der Waals surface area contributed by atoms with Crippen LogP contribution in [0.15, 0.2) is 54.7 Å². The number of carboxylic acid groups (broad SMARTS) is 1. The Bertz CT molecular complexity index is 1620. The van der Waals surface area contributed by atoms with E-state index in [4.69, 9.17) is 21.7 Å². The Morgan fingerprint density at radius 1 is 1.02 bits per heavy atom. The summed E-state index contributed by atoms with van der Waals surface area (Å²) in [5.74, 6) is -3.96. The Hall–Kier alpha value is -4.38. The van der Waals surface area contributed by atoms with Crippen LogP contribution in [-0.4, -0.2) is 98.4 Å². The number of benzene rings is 2. The Balaban J connectivity index is 1.77. The molecular formula is C34H45F2N7O6S. The van der Waals surface area contributed by atoms with E-state index in [-0.39, 0.29) is 49.2 Å². The second kappa shape index (κ2) is 18.6. The van der Waals surface area contributed by atoms with Gasteiger partial charge >= 0.3 is 5.97 Å². The van der Waals surface area contributed by atoms with Crippen LogP contribution < -0.4 is 22.1 Å². The van der Waals surface area contributed by atoms with Gasteiger partial charge in [0, 0.05) is 49.6 Å². The highest BCUT2D eigenvalue weighted by molar-refractivity contribution is 8.00. The molecule has 0 saturated heterocycles. The number of nitrogens with two attached hydrogens (primary N) is 2. The molecule has 3 atom stereocenters. The second-order valence-corrected chi connectivity index (χ2v) is 13.8. The lowest BCUT2D eigenvalue weighted by Gasteiger charge is -2.40. The second-order valence-electron chi connectivity index (χ2n) is 12.8. The summed E-state index contributed by atoms with van der Waals surface area (Å²) < 4.78 is 30.4. The van der Waals surface area contributed by atoms with E-state index in [1.807, 2.05) is 51.1 Å². The van der Waals surface area contributed by atoms with Gasteiger partial charge in [-0.15, -0.1) is 11.8 Å². The summed E-state index contributed by atoms with van der Waals surface area (Å²) in [4.78, 5) is 50.3. The molecule has 13 nitrogen and oxygen atoms in total. The molecule has 272 valence electrons. The van der Waals surface area contributed by atoms with Crippen molar-refractivity contribution in [3.63, 3.8) is 0 Å². The third-order valence-electron chi connectivity index (χ3n) is 7.67. The van der Waals surface area contributed by atoms with E-state index < -0.39 is 59.6 Å². The normalized spacial score (nSPS) is 13.3. The van der Waals surface area contributed by atoms with Crippen LogP contribution in [0.1, 0.15) is 50.1 Å². The van der Waals surface area contributed by atoms with Crippen molar-refractivity contribution < 1.29 is 38.2 Å². The molecule has 0 unspecified atom stereocenters. The maximum atomic E-state index is 14.9. The van der Waals surface area contributed by atoms with Crippen LogP contribution in [0.2, 0.25) is 0 Å². The summed E-state index contributed by atoms with van der Waals surface area (Å²) in [5.41, 5.74) is 12.8. The number of carbonyl (C=O) groups is 4. The number of carboxylic acids is 1. The number of hydrogen-bond acceptors (Lipinski definition) is 9. The smallest absolute Gasteiger partial charge is 0.321 e. The molecule has 0 saturated carbocycles. The van der Waals surface area contributed by atoms with E-state index in [0.717, 1.165) is 35.5 Å². The number of nitrogens with zero attached hydrogens (tertiary/aromatic N) is 3. The third kappa shape index (κ3) is 11.6. The Kier molecular flexibility index (Phi) is 14.9. The zero-order valence-electron chi connectivity index (χ0n) is 28.3. The van der Waals surface area contributed by atoms with Gasteiger partial charge in [-0.05, 0) is 29.5 Å². The van der Waals surface area contributed by atoms with Gasteiger partial charge in [0.15, 0.2) is 0 Å². The Morgan fingerprint density at radius 3 is 2.34 bits per heavy atom. The number of carbonyl (C=O) groups excluding carboxylic acids is 3. The predicted molar refractivity (Wildman–Crippen MR) is 185 cm³/mol. The molecule has 0 radical (unpaired) electrons. The fraction of sp³-hybridized carbons (Fsp3) is 0.441. The lowest BCUT2D eigenvalue weighted by molar-refractivity contribution is -0.140. The molecule has 1 heterocycles. The molecule has 0 spiro atoms. The molecule has 3 aromatic rings. The highest BCUT2D eigenvalue weighted by atomic mass is 32.2. The molecule has 0 aliphatic carbocycles. The van der Waals surface area contributed by atoms with Gasteiger partial charge in [0.2, 0.25) is 17.7 Å². The first-order chi connectivity index (χ1) is 23.6. The van der Waals surface area contributed by atoms with Crippen molar-refractivity contribution in [2.24, 2.45) is 16.9 Å². The number of nitrogens with one attached hydrogen (secondary N) is 2. The number of aliphatic carboxylic acids is 1. The van der Waals surface area contributed by atoms with Crippen LogP contribution in [0, 0.1) is 17.0 Å². The lowest BCUT2D eigenvalue weighted by Crippen LogP contribution is -2.48. The van der Waals surface area contributed by atoms with Crippen molar-refractivity contribution in [1.82, 2.24) is 25.3 Å². The van der Waals surface area contributed by atoms with Crippen molar-refractivity contribution in [1.29, 1.82) is 0 Å². The van der Waals surface area contributed by atoms with Gasteiger partial charge in [0.25, 0.3) is 0 Å². The quantitative estimate of drug-likeness (QED) is 0.105. The van der Waals surface area contributed by atoms with Crippen molar-refractivity contribution in [2.45, 2.75) is 51.7 Å². The first-order valence-electron chi connectivity index (χ1n) is 16.0. The van der Waals surface area contributed by atoms with Crippen LogP contribution in [0.25, 0.3) is 5.69 Å². The average Bonchev–Trinajstić information content (AvgIpc) is 3.47. The fourth-order valence-electron chi connectivity index (χ4n) is 5.23. The standard InChI is InChI=1S/C34H45F2N7O6S/c1-34(2,3)31(30-22(15-21-7-5-4-6-8-21)17-43(41-30)27-16-23(35)9-10-24(27)36)42(29(46)18-44)14-11-25(37)32(47)40-13-12-39-28(45)20-50-19-26(38)33(48)49/h4-10,16-17,25-26,31,44H,11-15,18-20,37-38H2,1-3H3,(H,39,45)(H,40,47)(H,48,49)/t25-,26-,31-/m0/s1. The zero-order chi connectivity index (χ0) is 37.0. The topological polar surface area (TPSA) is 206 Å². The van der Waals surface area contributed by atoms with Crippen molar-refractivity contribution >= 4 is 35.5 Å². The lowest BCUT2D eigenvalue weighted by atomic mass is 9.81. The molecule has 0 aliphatic rings. The molecule has 3 amide bonds. The van der Waals surface area contributed by atoms with E-state index >= 15 is 0 Å². The Morgan fingerprint density at radius 2 is 1.70 bits per heavy atom. The van der Waals surface area contributed by atoms with E-state index in [0.29, 0.717) is 17.7 Å². The summed E-state index contributed by atoms with van der Waals surface area (Å²) in [6, 6.07) is 9.55. The molecular weight excluding hydrogens is 672 g/mol. The van der Waals surface area contributed by atoms with Crippen LogP contribution in [-0.2, 0) is 25.6 Å².